The molecule has 1 saturated heterocycles. The van der Waals surface area contributed by atoms with Crippen LogP contribution in [0.15, 0.2) is 28.0 Å². The molecule has 7 heteroatoms. The zero-order chi connectivity index (χ0) is 17.4. The number of hydrogen-bond donors (Lipinski definition) is 0. The molecule has 0 spiro atoms. The molecule has 7 nitrogen and oxygen atoms in total. The van der Waals surface area contributed by atoms with E-state index >= 15 is 0 Å². The topological polar surface area (TPSA) is 73.0 Å². The second-order valence-electron chi connectivity index (χ2n) is 7.18. The lowest BCUT2D eigenvalue weighted by atomic mass is 10.0. The van der Waals surface area contributed by atoms with Gasteiger partial charge in [-0.2, -0.15) is 5.10 Å². The van der Waals surface area contributed by atoms with Crippen LogP contribution in [0.3, 0.4) is 0 Å². The van der Waals surface area contributed by atoms with Crippen molar-refractivity contribution in [2.45, 2.75) is 39.3 Å². The maximum atomic E-state index is 12.2. The molecule has 132 valence electrons. The fraction of sp³-hybridized carbons (Fsp3) is 0.556. The highest BCUT2D eigenvalue weighted by molar-refractivity contribution is 5.22. The molecule has 25 heavy (non-hydrogen) atoms. The van der Waals surface area contributed by atoms with E-state index in [9.17, 15) is 9.59 Å². The first-order valence-corrected chi connectivity index (χ1v) is 8.94. The molecule has 0 unspecified atom stereocenters. The van der Waals surface area contributed by atoms with Crippen molar-refractivity contribution in [2.24, 2.45) is 5.92 Å². The standard InChI is InChI=1S/C18H23N5O2/c1-13-7-17(24)22(12-19-13)6-5-21-9-14(10-21)11-23-18(25)8-15-3-2-4-16(15)20-23/h7-8,12,14H,2-6,9-11H2,1H3. The molecular weight excluding hydrogens is 318 g/mol. The molecular formula is C18H23N5O2. The van der Waals surface area contributed by atoms with E-state index in [1.54, 1.807) is 27.7 Å². The first kappa shape index (κ1) is 16.2. The highest BCUT2D eigenvalue weighted by Crippen LogP contribution is 2.19. The van der Waals surface area contributed by atoms with Crippen molar-refractivity contribution in [3.05, 3.63) is 56.1 Å². The Bertz CT molecular complexity index is 895. The fourth-order valence-corrected chi connectivity index (χ4v) is 3.72. The lowest BCUT2D eigenvalue weighted by Gasteiger charge is -2.39. The number of rotatable bonds is 5. The zero-order valence-corrected chi connectivity index (χ0v) is 14.5. The summed E-state index contributed by atoms with van der Waals surface area (Å²) in [5.41, 5.74) is 3.00. The average Bonchev–Trinajstić information content (AvgIpc) is 2.98. The van der Waals surface area contributed by atoms with E-state index in [0.717, 1.165) is 55.8 Å². The van der Waals surface area contributed by atoms with Crippen molar-refractivity contribution in [1.29, 1.82) is 0 Å². The molecule has 2 aromatic rings. The van der Waals surface area contributed by atoms with Crippen LogP contribution in [0.4, 0.5) is 0 Å². The Morgan fingerprint density at radius 1 is 1.12 bits per heavy atom. The Morgan fingerprint density at radius 3 is 2.76 bits per heavy atom. The lowest BCUT2D eigenvalue weighted by molar-refractivity contribution is 0.0800. The molecule has 1 fully saturated rings. The smallest absolute Gasteiger partial charge is 0.267 e. The highest BCUT2D eigenvalue weighted by atomic mass is 16.1. The molecule has 0 saturated carbocycles. The van der Waals surface area contributed by atoms with Gasteiger partial charge in [0.15, 0.2) is 0 Å². The minimum atomic E-state index is -0.00142. The van der Waals surface area contributed by atoms with Gasteiger partial charge in [0.05, 0.1) is 18.6 Å². The summed E-state index contributed by atoms with van der Waals surface area (Å²) in [7, 11) is 0. The summed E-state index contributed by atoms with van der Waals surface area (Å²) in [5.74, 6) is 0.456. The van der Waals surface area contributed by atoms with Crippen LogP contribution >= 0.6 is 0 Å². The normalized spacial score (nSPS) is 17.5. The fourth-order valence-electron chi connectivity index (χ4n) is 3.72. The van der Waals surface area contributed by atoms with Gasteiger partial charge < -0.3 is 4.90 Å². The number of aryl methyl sites for hydroxylation is 3. The Hall–Kier alpha value is -2.28. The molecule has 4 rings (SSSR count). The summed E-state index contributed by atoms with van der Waals surface area (Å²) in [4.78, 5) is 30.5. The summed E-state index contributed by atoms with van der Waals surface area (Å²) < 4.78 is 3.29. The van der Waals surface area contributed by atoms with E-state index in [4.69, 9.17) is 0 Å². The van der Waals surface area contributed by atoms with E-state index in [1.165, 1.54) is 0 Å². The van der Waals surface area contributed by atoms with Crippen molar-refractivity contribution in [3.8, 4) is 0 Å². The number of likely N-dealkylation sites (tertiary alicyclic amines) is 1. The summed E-state index contributed by atoms with van der Waals surface area (Å²) >= 11 is 0. The van der Waals surface area contributed by atoms with Gasteiger partial charge in [0.1, 0.15) is 0 Å². The predicted molar refractivity (Wildman–Crippen MR) is 93.7 cm³/mol. The maximum Gasteiger partial charge on any atom is 0.267 e. The van der Waals surface area contributed by atoms with Crippen LogP contribution in [0.2, 0.25) is 0 Å². The number of nitrogens with zero attached hydrogens (tertiary/aromatic N) is 5. The quantitative estimate of drug-likeness (QED) is 0.778. The molecule has 0 bridgehead atoms. The van der Waals surface area contributed by atoms with Gasteiger partial charge in [0, 0.05) is 49.9 Å². The summed E-state index contributed by atoms with van der Waals surface area (Å²) in [6, 6.07) is 3.33. The lowest BCUT2D eigenvalue weighted by Crippen LogP contribution is -2.50. The van der Waals surface area contributed by atoms with Crippen LogP contribution in [-0.4, -0.2) is 43.9 Å². The third-order valence-electron chi connectivity index (χ3n) is 5.16. The molecule has 2 aliphatic rings. The largest absolute Gasteiger partial charge is 0.301 e. The second-order valence-corrected chi connectivity index (χ2v) is 7.18. The molecule has 1 aliphatic heterocycles. The van der Waals surface area contributed by atoms with Crippen LogP contribution in [0.1, 0.15) is 23.4 Å². The summed E-state index contributed by atoms with van der Waals surface area (Å²) in [6.45, 7) is 5.87. The van der Waals surface area contributed by atoms with Crippen molar-refractivity contribution < 1.29 is 0 Å². The SMILES string of the molecule is Cc1cc(=O)n(CCN2CC(Cn3nc4c(cc3=O)CCC4)C2)cn1. The minimum absolute atomic E-state index is 0.00142. The van der Waals surface area contributed by atoms with Crippen molar-refractivity contribution in [3.63, 3.8) is 0 Å². The summed E-state index contributed by atoms with van der Waals surface area (Å²) in [6.07, 6.45) is 4.70. The number of hydrogen-bond acceptors (Lipinski definition) is 5. The van der Waals surface area contributed by atoms with Crippen molar-refractivity contribution in [1.82, 2.24) is 24.2 Å². The Balaban J connectivity index is 1.29. The van der Waals surface area contributed by atoms with Gasteiger partial charge in [-0.15, -0.1) is 0 Å². The van der Waals surface area contributed by atoms with Crippen LogP contribution in [-0.2, 0) is 25.9 Å². The molecule has 0 amide bonds. The van der Waals surface area contributed by atoms with Crippen molar-refractivity contribution in [2.75, 3.05) is 19.6 Å². The van der Waals surface area contributed by atoms with Gasteiger partial charge in [-0.1, -0.05) is 0 Å². The number of aromatic nitrogens is 4. The molecule has 0 N–H and O–H groups in total. The van der Waals surface area contributed by atoms with E-state index < -0.39 is 0 Å². The van der Waals surface area contributed by atoms with E-state index in [2.05, 4.69) is 15.0 Å². The van der Waals surface area contributed by atoms with E-state index in [0.29, 0.717) is 19.0 Å². The van der Waals surface area contributed by atoms with Crippen molar-refractivity contribution >= 4 is 0 Å². The first-order valence-electron chi connectivity index (χ1n) is 8.94. The van der Waals surface area contributed by atoms with Crippen LogP contribution in [0, 0.1) is 12.8 Å². The first-order chi connectivity index (χ1) is 12.1. The average molecular weight is 341 g/mol. The number of fused-ring (bicyclic) bond motifs is 1. The van der Waals surface area contributed by atoms with Gasteiger partial charge >= 0.3 is 0 Å². The highest BCUT2D eigenvalue weighted by Gasteiger charge is 2.27. The predicted octanol–water partition coefficient (Wildman–Crippen LogP) is 0.229. The molecule has 0 radical (unpaired) electrons. The molecule has 3 heterocycles. The molecule has 2 aromatic heterocycles. The van der Waals surface area contributed by atoms with E-state index in [1.807, 2.05) is 6.92 Å². The molecule has 0 atom stereocenters. The Morgan fingerprint density at radius 2 is 1.96 bits per heavy atom. The monoisotopic (exact) mass is 341 g/mol. The molecule has 1 aliphatic carbocycles. The molecule has 0 aromatic carbocycles. The van der Waals surface area contributed by atoms with Crippen LogP contribution in [0.25, 0.3) is 0 Å². The van der Waals surface area contributed by atoms with Gasteiger partial charge in [-0.25, -0.2) is 9.67 Å². The summed E-state index contributed by atoms with van der Waals surface area (Å²) in [5, 5.41) is 4.55. The minimum Gasteiger partial charge on any atom is -0.301 e. The maximum absolute atomic E-state index is 12.2. The van der Waals surface area contributed by atoms with Crippen LogP contribution in [0.5, 0.6) is 0 Å². The third-order valence-corrected chi connectivity index (χ3v) is 5.16. The zero-order valence-electron chi connectivity index (χ0n) is 14.5. The Labute approximate surface area is 145 Å². The van der Waals surface area contributed by atoms with Gasteiger partial charge in [0.2, 0.25) is 0 Å². The van der Waals surface area contributed by atoms with Gasteiger partial charge in [0.25, 0.3) is 11.1 Å². The second kappa shape index (κ2) is 6.55. The Kier molecular flexibility index (Phi) is 4.25. The third kappa shape index (κ3) is 3.42. The van der Waals surface area contributed by atoms with Gasteiger partial charge in [-0.3, -0.25) is 14.2 Å². The van der Waals surface area contributed by atoms with Gasteiger partial charge in [-0.05, 0) is 31.7 Å². The van der Waals surface area contributed by atoms with Crippen LogP contribution < -0.4 is 11.1 Å². The van der Waals surface area contributed by atoms with E-state index in [-0.39, 0.29) is 11.1 Å².